The lowest BCUT2D eigenvalue weighted by Crippen LogP contribution is -2.16. The van der Waals surface area contributed by atoms with Gasteiger partial charge in [0.05, 0.1) is 13.2 Å². The van der Waals surface area contributed by atoms with Gasteiger partial charge >= 0.3 is 5.97 Å². The van der Waals surface area contributed by atoms with Crippen LogP contribution < -0.4 is 0 Å². The third kappa shape index (κ3) is 2.98. The molecule has 4 nitrogen and oxygen atoms in total. The van der Waals surface area contributed by atoms with Gasteiger partial charge in [-0.25, -0.2) is 0 Å². The lowest BCUT2D eigenvalue weighted by molar-refractivity contribution is -0.141. The number of benzene rings is 2. The third-order valence-electron chi connectivity index (χ3n) is 3.12. The molecule has 2 aromatic rings. The summed E-state index contributed by atoms with van der Waals surface area (Å²) in [5.74, 6) is -2.01. The minimum atomic E-state index is -1.11. The Morgan fingerprint density at radius 1 is 1.05 bits per heavy atom. The monoisotopic (exact) mass is 279 g/mol. The fourth-order valence-electron chi connectivity index (χ4n) is 2.07. The van der Waals surface area contributed by atoms with Gasteiger partial charge in [-0.05, 0) is 5.56 Å². The van der Waals surface area contributed by atoms with Crippen molar-refractivity contribution in [1.29, 1.82) is 5.26 Å². The van der Waals surface area contributed by atoms with E-state index in [2.05, 4.69) is 4.74 Å². The summed E-state index contributed by atoms with van der Waals surface area (Å²) in [5, 5.41) is 9.20. The SMILES string of the molecule is COC(=O)C(C#N)c1ccccc1C(=O)c1ccccc1. The Hall–Kier alpha value is -2.93. The first-order valence-electron chi connectivity index (χ1n) is 6.35. The molecule has 1 atom stereocenters. The van der Waals surface area contributed by atoms with E-state index < -0.39 is 11.9 Å². The number of esters is 1. The van der Waals surface area contributed by atoms with Gasteiger partial charge in [0, 0.05) is 11.1 Å². The molecular weight excluding hydrogens is 266 g/mol. The Morgan fingerprint density at radius 3 is 2.29 bits per heavy atom. The van der Waals surface area contributed by atoms with Gasteiger partial charge in [0.15, 0.2) is 11.7 Å². The van der Waals surface area contributed by atoms with Crippen molar-refractivity contribution in [2.75, 3.05) is 7.11 Å². The maximum Gasteiger partial charge on any atom is 0.327 e. The Balaban J connectivity index is 2.49. The van der Waals surface area contributed by atoms with E-state index in [1.54, 1.807) is 48.5 Å². The number of carbonyl (C=O) groups is 2. The Bertz CT molecular complexity index is 701. The zero-order chi connectivity index (χ0) is 15.2. The Morgan fingerprint density at radius 2 is 1.67 bits per heavy atom. The highest BCUT2D eigenvalue weighted by Crippen LogP contribution is 2.23. The first-order valence-corrected chi connectivity index (χ1v) is 6.35. The van der Waals surface area contributed by atoms with Gasteiger partial charge in [-0.1, -0.05) is 54.6 Å². The van der Waals surface area contributed by atoms with Crippen molar-refractivity contribution in [3.63, 3.8) is 0 Å². The molecule has 4 heteroatoms. The highest BCUT2D eigenvalue weighted by Gasteiger charge is 2.26. The smallest absolute Gasteiger partial charge is 0.327 e. The van der Waals surface area contributed by atoms with Gasteiger partial charge < -0.3 is 4.74 Å². The van der Waals surface area contributed by atoms with Gasteiger partial charge in [0.2, 0.25) is 0 Å². The molecule has 0 saturated carbocycles. The fraction of sp³-hybridized carbons (Fsp3) is 0.118. The van der Waals surface area contributed by atoms with Crippen molar-refractivity contribution >= 4 is 11.8 Å². The van der Waals surface area contributed by atoms with Crippen LogP contribution in [0.4, 0.5) is 0 Å². The maximum atomic E-state index is 12.5. The van der Waals surface area contributed by atoms with Crippen LogP contribution in [-0.2, 0) is 9.53 Å². The van der Waals surface area contributed by atoms with E-state index in [0.717, 1.165) is 0 Å². The fourth-order valence-corrected chi connectivity index (χ4v) is 2.07. The molecule has 104 valence electrons. The zero-order valence-corrected chi connectivity index (χ0v) is 11.4. The zero-order valence-electron chi connectivity index (χ0n) is 11.4. The average molecular weight is 279 g/mol. The minimum Gasteiger partial charge on any atom is -0.468 e. The topological polar surface area (TPSA) is 67.2 Å². The molecular formula is C17H13NO3. The summed E-state index contributed by atoms with van der Waals surface area (Å²) in [6, 6.07) is 17.2. The lowest BCUT2D eigenvalue weighted by atomic mass is 9.91. The van der Waals surface area contributed by atoms with E-state index in [4.69, 9.17) is 0 Å². The third-order valence-corrected chi connectivity index (χ3v) is 3.12. The van der Waals surface area contributed by atoms with Crippen molar-refractivity contribution in [2.24, 2.45) is 0 Å². The van der Waals surface area contributed by atoms with Gasteiger partial charge in [-0.2, -0.15) is 5.26 Å². The van der Waals surface area contributed by atoms with Crippen LogP contribution in [0, 0.1) is 11.3 Å². The van der Waals surface area contributed by atoms with Crippen LogP contribution in [0.3, 0.4) is 0 Å². The number of ketones is 1. The Labute approximate surface area is 122 Å². The first kappa shape index (κ1) is 14.5. The summed E-state index contributed by atoms with van der Waals surface area (Å²) < 4.78 is 4.63. The molecule has 0 spiro atoms. The molecule has 0 heterocycles. The van der Waals surface area contributed by atoms with E-state index in [-0.39, 0.29) is 5.78 Å². The second kappa shape index (κ2) is 6.49. The second-order valence-electron chi connectivity index (χ2n) is 4.37. The number of carbonyl (C=O) groups excluding carboxylic acids is 2. The van der Waals surface area contributed by atoms with Crippen LogP contribution in [0.2, 0.25) is 0 Å². The van der Waals surface area contributed by atoms with Crippen molar-refractivity contribution in [2.45, 2.75) is 5.92 Å². The van der Waals surface area contributed by atoms with Crippen LogP contribution in [0.5, 0.6) is 0 Å². The van der Waals surface area contributed by atoms with Crippen LogP contribution in [0.25, 0.3) is 0 Å². The van der Waals surface area contributed by atoms with Gasteiger partial charge in [-0.15, -0.1) is 0 Å². The summed E-state index contributed by atoms with van der Waals surface area (Å²) >= 11 is 0. The number of hydrogen-bond donors (Lipinski definition) is 0. The van der Waals surface area contributed by atoms with Crippen LogP contribution in [0.1, 0.15) is 27.4 Å². The van der Waals surface area contributed by atoms with E-state index in [1.165, 1.54) is 7.11 Å². The molecule has 0 N–H and O–H groups in total. The van der Waals surface area contributed by atoms with E-state index in [1.807, 2.05) is 12.1 Å². The summed E-state index contributed by atoms with van der Waals surface area (Å²) in [4.78, 5) is 24.2. The van der Waals surface area contributed by atoms with Crippen LogP contribution >= 0.6 is 0 Å². The number of nitriles is 1. The number of ether oxygens (including phenoxy) is 1. The molecule has 21 heavy (non-hydrogen) atoms. The molecule has 0 bridgehead atoms. The molecule has 0 saturated heterocycles. The van der Waals surface area contributed by atoms with Crippen molar-refractivity contribution in [1.82, 2.24) is 0 Å². The van der Waals surface area contributed by atoms with Crippen LogP contribution in [-0.4, -0.2) is 18.9 Å². The molecule has 0 fully saturated rings. The largest absolute Gasteiger partial charge is 0.468 e. The summed E-state index contributed by atoms with van der Waals surface area (Å²) in [6.07, 6.45) is 0. The summed E-state index contributed by atoms with van der Waals surface area (Å²) in [5.41, 5.74) is 1.20. The summed E-state index contributed by atoms with van der Waals surface area (Å²) in [6.45, 7) is 0. The van der Waals surface area contributed by atoms with Crippen LogP contribution in [0.15, 0.2) is 54.6 Å². The molecule has 2 rings (SSSR count). The Kier molecular flexibility index (Phi) is 4.47. The number of nitrogens with zero attached hydrogens (tertiary/aromatic N) is 1. The molecule has 0 aliphatic carbocycles. The van der Waals surface area contributed by atoms with Crippen molar-refractivity contribution in [3.8, 4) is 6.07 Å². The molecule has 0 aromatic heterocycles. The van der Waals surface area contributed by atoms with Gasteiger partial charge in [0.25, 0.3) is 0 Å². The highest BCUT2D eigenvalue weighted by molar-refractivity contribution is 6.10. The molecule has 0 aliphatic heterocycles. The van der Waals surface area contributed by atoms with Gasteiger partial charge in [0.1, 0.15) is 0 Å². The van der Waals surface area contributed by atoms with Crippen molar-refractivity contribution in [3.05, 3.63) is 71.3 Å². The van der Waals surface area contributed by atoms with E-state index in [0.29, 0.717) is 16.7 Å². The first-order chi connectivity index (χ1) is 10.2. The second-order valence-corrected chi connectivity index (χ2v) is 4.37. The number of methoxy groups -OCH3 is 1. The quantitative estimate of drug-likeness (QED) is 0.637. The molecule has 0 amide bonds. The standard InChI is InChI=1S/C17H13NO3/c1-21-17(20)15(11-18)13-9-5-6-10-14(13)16(19)12-7-3-2-4-8-12/h2-10,15H,1H3. The predicted octanol–water partition coefficient (Wildman–Crippen LogP) is 2.70. The van der Waals surface area contributed by atoms with Crippen molar-refractivity contribution < 1.29 is 14.3 Å². The minimum absolute atomic E-state index is 0.227. The lowest BCUT2D eigenvalue weighted by Gasteiger charge is -2.12. The van der Waals surface area contributed by atoms with Gasteiger partial charge in [-0.3, -0.25) is 9.59 Å². The maximum absolute atomic E-state index is 12.5. The molecule has 1 unspecified atom stereocenters. The molecule has 2 aromatic carbocycles. The number of hydrogen-bond acceptors (Lipinski definition) is 4. The van der Waals surface area contributed by atoms with E-state index in [9.17, 15) is 14.9 Å². The predicted molar refractivity (Wildman–Crippen MR) is 76.7 cm³/mol. The average Bonchev–Trinajstić information content (AvgIpc) is 2.56. The number of rotatable bonds is 4. The summed E-state index contributed by atoms with van der Waals surface area (Å²) in [7, 11) is 1.22. The normalized spacial score (nSPS) is 11.2. The molecule has 0 aliphatic rings. The highest BCUT2D eigenvalue weighted by atomic mass is 16.5. The van der Waals surface area contributed by atoms with E-state index >= 15 is 0 Å². The molecule has 0 radical (unpaired) electrons.